The molecule has 5 rings (SSSR count). The molecule has 162 valence electrons. The van der Waals surface area contributed by atoms with E-state index in [0.29, 0.717) is 36.0 Å². The molecule has 0 bridgehead atoms. The Morgan fingerprint density at radius 1 is 1.42 bits per heavy atom. The number of nitrogens with zero attached hydrogens (tertiary/aromatic N) is 6. The molecule has 2 aromatic rings. The van der Waals surface area contributed by atoms with Crippen LogP contribution in [0.4, 0.5) is 4.79 Å². The number of thiophene rings is 1. The van der Waals surface area contributed by atoms with Crippen molar-refractivity contribution in [2.75, 3.05) is 12.3 Å². The maximum absolute atomic E-state index is 12.9. The highest BCUT2D eigenvalue weighted by molar-refractivity contribution is 7.99. The Morgan fingerprint density at radius 2 is 2.26 bits per heavy atom. The number of carboxylic acid groups (broad SMARTS) is 1. The van der Waals surface area contributed by atoms with Gasteiger partial charge in [-0.1, -0.05) is 17.8 Å². The van der Waals surface area contributed by atoms with Crippen molar-refractivity contribution >= 4 is 41.0 Å². The van der Waals surface area contributed by atoms with Gasteiger partial charge in [0.05, 0.1) is 12.6 Å². The normalized spacial score (nSPS) is 24.3. The van der Waals surface area contributed by atoms with Crippen LogP contribution in [0.15, 0.2) is 33.9 Å². The second-order valence-electron chi connectivity index (χ2n) is 7.63. The van der Waals surface area contributed by atoms with Gasteiger partial charge in [-0.25, -0.2) is 14.3 Å². The Bertz CT molecular complexity index is 1080. The number of tetrazole rings is 1. The minimum absolute atomic E-state index is 0.00603. The Morgan fingerprint density at radius 3 is 2.94 bits per heavy atom. The van der Waals surface area contributed by atoms with E-state index >= 15 is 0 Å². The summed E-state index contributed by atoms with van der Waals surface area (Å²) in [4.78, 5) is 41.7. The summed E-state index contributed by atoms with van der Waals surface area (Å²) in [6, 6.07) is 2.68. The molecule has 0 unspecified atom stereocenters. The van der Waals surface area contributed by atoms with Crippen LogP contribution in [0.1, 0.15) is 11.3 Å². The average molecular weight is 462 g/mol. The summed E-state index contributed by atoms with van der Waals surface area (Å²) in [6.07, 6.45) is 0.513. The summed E-state index contributed by atoms with van der Waals surface area (Å²) in [5.74, 6) is -1.10. The highest BCUT2D eigenvalue weighted by Gasteiger charge is 2.64. The number of β-lactam (4-membered cyclic amide) rings is 1. The van der Waals surface area contributed by atoms with E-state index in [4.69, 9.17) is 0 Å². The Labute approximate surface area is 185 Å². The third kappa shape index (κ3) is 3.28. The van der Waals surface area contributed by atoms with E-state index in [0.717, 1.165) is 4.88 Å². The van der Waals surface area contributed by atoms with Gasteiger partial charge in [0.2, 0.25) is 5.16 Å². The molecular formula is C18H19N7O4S2. The van der Waals surface area contributed by atoms with Gasteiger partial charge >= 0.3 is 12.0 Å². The lowest BCUT2D eigenvalue weighted by atomic mass is 9.79. The zero-order valence-corrected chi connectivity index (χ0v) is 18.1. The minimum Gasteiger partial charge on any atom is -0.477 e. The molecule has 0 aliphatic carbocycles. The number of aliphatic carboxylic acids is 1. The molecule has 3 amide bonds. The molecular weight excluding hydrogens is 442 g/mol. The molecule has 3 atom stereocenters. The van der Waals surface area contributed by atoms with Crippen molar-refractivity contribution in [3.63, 3.8) is 0 Å². The van der Waals surface area contributed by atoms with Gasteiger partial charge in [0.15, 0.2) is 0 Å². The van der Waals surface area contributed by atoms with Crippen LogP contribution >= 0.6 is 23.1 Å². The number of carboxylic acids is 1. The standard InChI is InChI=1S/C18H19N7O4S2/c1-23-18(20-21-22-23)31-8-10-5-9-7-24(17(29)19-6-11-3-2-4-30-11)14-12(9)25(15(14)26)13(10)16(27)28/h2-4,9,12,14H,5-8H2,1H3,(H,19,29)(H,27,28)/t9-,12-,14+/m1/s1. The molecule has 31 heavy (non-hydrogen) atoms. The fourth-order valence-corrected chi connectivity index (χ4v) is 6.07. The number of thioether (sulfide) groups is 1. The SMILES string of the molecule is Cn1nnnc1SCC1=C(C(=O)O)N2C(=O)[C@@H]3[C@H]2[C@H](C1)CN3C(=O)NCc1cccs1. The Balaban J connectivity index is 1.33. The van der Waals surface area contributed by atoms with Crippen LogP contribution in [0.5, 0.6) is 0 Å². The highest BCUT2D eigenvalue weighted by Crippen LogP contribution is 2.47. The van der Waals surface area contributed by atoms with Crippen molar-refractivity contribution in [2.45, 2.75) is 30.2 Å². The molecule has 0 aromatic carbocycles. The van der Waals surface area contributed by atoms with Gasteiger partial charge in [-0.3, -0.25) is 9.69 Å². The second-order valence-corrected chi connectivity index (χ2v) is 9.60. The van der Waals surface area contributed by atoms with Crippen LogP contribution < -0.4 is 5.32 Å². The average Bonchev–Trinajstić information content (AvgIpc) is 3.47. The van der Waals surface area contributed by atoms with Crippen LogP contribution in [0.3, 0.4) is 0 Å². The minimum atomic E-state index is -1.13. The molecule has 0 spiro atoms. The number of rotatable bonds is 6. The van der Waals surface area contributed by atoms with Crippen LogP contribution in [0.25, 0.3) is 0 Å². The number of nitrogens with one attached hydrogen (secondary N) is 1. The zero-order chi connectivity index (χ0) is 21.7. The molecule has 11 nitrogen and oxygen atoms in total. The van der Waals surface area contributed by atoms with Gasteiger partial charge < -0.3 is 15.3 Å². The molecule has 13 heteroatoms. The van der Waals surface area contributed by atoms with Gasteiger partial charge in [-0.15, -0.1) is 16.4 Å². The van der Waals surface area contributed by atoms with Crippen molar-refractivity contribution in [3.05, 3.63) is 33.7 Å². The molecule has 0 radical (unpaired) electrons. The van der Waals surface area contributed by atoms with Crippen LogP contribution in [0.2, 0.25) is 0 Å². The fourth-order valence-electron chi connectivity index (χ4n) is 4.55. The topological polar surface area (TPSA) is 134 Å². The van der Waals surface area contributed by atoms with E-state index in [-0.39, 0.29) is 29.6 Å². The molecule has 2 aromatic heterocycles. The number of hydrogen-bond acceptors (Lipinski definition) is 8. The largest absolute Gasteiger partial charge is 0.477 e. The van der Waals surface area contributed by atoms with E-state index in [1.54, 1.807) is 23.3 Å². The number of amides is 3. The Kier molecular flexibility index (Phi) is 4.93. The number of urea groups is 1. The first-order chi connectivity index (χ1) is 15.0. The molecule has 5 heterocycles. The van der Waals surface area contributed by atoms with E-state index in [1.807, 2.05) is 17.5 Å². The lowest BCUT2D eigenvalue weighted by Gasteiger charge is -2.49. The maximum atomic E-state index is 12.9. The number of carbonyl (C=O) groups is 3. The van der Waals surface area contributed by atoms with Crippen LogP contribution in [-0.2, 0) is 23.2 Å². The number of carbonyl (C=O) groups excluding carboxylic acids is 2. The summed E-state index contributed by atoms with van der Waals surface area (Å²) >= 11 is 2.88. The predicted octanol–water partition coefficient (Wildman–Crippen LogP) is 0.527. The van der Waals surface area contributed by atoms with Crippen molar-refractivity contribution in [2.24, 2.45) is 13.0 Å². The molecule has 2 fully saturated rings. The van der Waals surface area contributed by atoms with Crippen molar-refractivity contribution in [1.29, 1.82) is 0 Å². The summed E-state index contributed by atoms with van der Waals surface area (Å²) in [5.41, 5.74) is 0.695. The highest BCUT2D eigenvalue weighted by atomic mass is 32.2. The molecule has 0 saturated carbocycles. The number of likely N-dealkylation sites (tertiary alicyclic amines) is 1. The smallest absolute Gasteiger partial charge is 0.352 e. The van der Waals surface area contributed by atoms with Crippen LogP contribution in [0, 0.1) is 5.92 Å². The predicted molar refractivity (Wildman–Crippen MR) is 110 cm³/mol. The molecule has 2 N–H and O–H groups in total. The van der Waals surface area contributed by atoms with Gasteiger partial charge in [-0.05, 0) is 33.9 Å². The lowest BCUT2D eigenvalue weighted by molar-refractivity contribution is -0.155. The van der Waals surface area contributed by atoms with E-state index in [2.05, 4.69) is 20.8 Å². The Hall–Kier alpha value is -2.93. The first-order valence-electron chi connectivity index (χ1n) is 9.66. The van der Waals surface area contributed by atoms with E-state index in [9.17, 15) is 19.5 Å². The van der Waals surface area contributed by atoms with Gasteiger partial charge in [0.1, 0.15) is 11.7 Å². The first kappa shape index (κ1) is 20.0. The zero-order valence-electron chi connectivity index (χ0n) is 16.5. The quantitative estimate of drug-likeness (QED) is 0.470. The number of aryl methyl sites for hydroxylation is 1. The van der Waals surface area contributed by atoms with Crippen molar-refractivity contribution < 1.29 is 19.5 Å². The monoisotopic (exact) mass is 461 g/mol. The van der Waals surface area contributed by atoms with Gasteiger partial charge in [0, 0.05) is 30.1 Å². The maximum Gasteiger partial charge on any atom is 0.352 e. The third-order valence-corrected chi connectivity index (χ3v) is 7.83. The summed E-state index contributed by atoms with van der Waals surface area (Å²) in [7, 11) is 1.71. The molecule has 2 saturated heterocycles. The van der Waals surface area contributed by atoms with Gasteiger partial charge in [-0.2, -0.15) is 0 Å². The third-order valence-electron chi connectivity index (χ3n) is 5.86. The fraction of sp³-hybridized carbons (Fsp3) is 0.444. The summed E-state index contributed by atoms with van der Waals surface area (Å²) in [5, 5.41) is 26.5. The van der Waals surface area contributed by atoms with Crippen molar-refractivity contribution in [1.82, 2.24) is 35.3 Å². The second kappa shape index (κ2) is 7.64. The van der Waals surface area contributed by atoms with E-state index < -0.39 is 12.0 Å². The molecule has 3 aliphatic heterocycles. The number of hydrogen-bond donors (Lipinski definition) is 2. The molecule has 3 aliphatic rings. The van der Waals surface area contributed by atoms with Crippen molar-refractivity contribution in [3.8, 4) is 0 Å². The lowest BCUT2D eigenvalue weighted by Crippen LogP contribution is -2.69. The first-order valence-corrected chi connectivity index (χ1v) is 11.5. The van der Waals surface area contributed by atoms with E-state index in [1.165, 1.54) is 21.3 Å². The van der Waals surface area contributed by atoms with Crippen LogP contribution in [-0.4, -0.2) is 77.4 Å². The van der Waals surface area contributed by atoms with Gasteiger partial charge in [0.25, 0.3) is 5.91 Å². The number of aromatic nitrogens is 4. The summed E-state index contributed by atoms with van der Waals surface area (Å²) in [6.45, 7) is 0.819. The summed E-state index contributed by atoms with van der Waals surface area (Å²) < 4.78 is 1.51.